The van der Waals surface area contributed by atoms with Gasteiger partial charge in [0.05, 0.1) is 11.0 Å². The number of rotatable bonds is 6. The second-order valence-electron chi connectivity index (χ2n) is 4.02. The number of halogens is 1. The molecule has 0 radical (unpaired) electrons. The molecule has 1 aromatic rings. The van der Waals surface area contributed by atoms with Gasteiger partial charge < -0.3 is 5.11 Å². The Hall–Kier alpha value is -1.49. The topological polar surface area (TPSA) is 63.4 Å². The van der Waals surface area contributed by atoms with Crippen LogP contribution in [0.25, 0.3) is 0 Å². The molecule has 0 fully saturated rings. The van der Waals surface area contributed by atoms with Crippen molar-refractivity contribution in [3.05, 3.63) is 39.7 Å². The average molecular weight is 241 g/mol. The molecule has 94 valence electrons. The first-order valence-corrected chi connectivity index (χ1v) is 5.65. The van der Waals surface area contributed by atoms with Crippen LogP contribution in [0, 0.1) is 15.9 Å². The summed E-state index contributed by atoms with van der Waals surface area (Å²) < 4.78 is 13.3. The maximum absolute atomic E-state index is 13.3. The lowest BCUT2D eigenvalue weighted by molar-refractivity contribution is -0.387. The zero-order valence-electron chi connectivity index (χ0n) is 9.73. The number of nitro benzene ring substituents is 1. The Morgan fingerprint density at radius 2 is 2.18 bits per heavy atom. The zero-order valence-corrected chi connectivity index (χ0v) is 9.73. The van der Waals surface area contributed by atoms with Gasteiger partial charge in [0, 0.05) is 6.07 Å². The average Bonchev–Trinajstić information content (AvgIpc) is 2.26. The van der Waals surface area contributed by atoms with Crippen molar-refractivity contribution in [1.82, 2.24) is 0 Å². The van der Waals surface area contributed by atoms with E-state index in [9.17, 15) is 19.6 Å². The molecular weight excluding hydrogens is 225 g/mol. The van der Waals surface area contributed by atoms with E-state index in [1.54, 1.807) is 0 Å². The molecule has 1 unspecified atom stereocenters. The standard InChI is InChI=1S/C12H16FNO3/c1-2-3-10(15)6-4-9-5-7-12(14(16)17)11(13)8-9/h5,7-8,10,15H,2-4,6H2,1H3. The van der Waals surface area contributed by atoms with Crippen LogP contribution in [0.4, 0.5) is 10.1 Å². The van der Waals surface area contributed by atoms with Crippen molar-refractivity contribution in [3.63, 3.8) is 0 Å². The van der Waals surface area contributed by atoms with Crippen molar-refractivity contribution < 1.29 is 14.4 Å². The van der Waals surface area contributed by atoms with Crippen molar-refractivity contribution in [2.24, 2.45) is 0 Å². The van der Waals surface area contributed by atoms with Crippen molar-refractivity contribution in [3.8, 4) is 0 Å². The summed E-state index contributed by atoms with van der Waals surface area (Å²) in [6.07, 6.45) is 2.30. The Balaban J connectivity index is 2.62. The minimum atomic E-state index is -0.822. The van der Waals surface area contributed by atoms with Crippen LogP contribution < -0.4 is 0 Å². The fourth-order valence-electron chi connectivity index (χ4n) is 1.66. The van der Waals surface area contributed by atoms with Gasteiger partial charge in [-0.2, -0.15) is 4.39 Å². The van der Waals surface area contributed by atoms with E-state index < -0.39 is 22.5 Å². The van der Waals surface area contributed by atoms with Crippen LogP contribution >= 0.6 is 0 Å². The molecule has 0 saturated heterocycles. The summed E-state index contributed by atoms with van der Waals surface area (Å²) in [7, 11) is 0. The maximum Gasteiger partial charge on any atom is 0.304 e. The molecule has 1 aromatic carbocycles. The molecule has 1 rings (SSSR count). The fourth-order valence-corrected chi connectivity index (χ4v) is 1.66. The molecule has 0 aliphatic carbocycles. The highest BCUT2D eigenvalue weighted by molar-refractivity contribution is 5.35. The smallest absolute Gasteiger partial charge is 0.304 e. The van der Waals surface area contributed by atoms with Crippen LogP contribution in [0.15, 0.2) is 18.2 Å². The molecule has 4 nitrogen and oxygen atoms in total. The van der Waals surface area contributed by atoms with Crippen LogP contribution in [-0.2, 0) is 6.42 Å². The molecule has 0 spiro atoms. The van der Waals surface area contributed by atoms with Gasteiger partial charge >= 0.3 is 5.69 Å². The lowest BCUT2D eigenvalue weighted by Gasteiger charge is -2.08. The minimum Gasteiger partial charge on any atom is -0.393 e. The van der Waals surface area contributed by atoms with Crippen LogP contribution in [0.3, 0.4) is 0 Å². The highest BCUT2D eigenvalue weighted by Crippen LogP contribution is 2.19. The molecular formula is C12H16FNO3. The van der Waals surface area contributed by atoms with Gasteiger partial charge in [0.1, 0.15) is 0 Å². The number of benzene rings is 1. The Labute approximate surface area is 99.2 Å². The molecule has 0 aromatic heterocycles. The maximum atomic E-state index is 13.3. The zero-order chi connectivity index (χ0) is 12.8. The van der Waals surface area contributed by atoms with Gasteiger partial charge in [-0.15, -0.1) is 0 Å². The minimum absolute atomic E-state index is 0.391. The predicted octanol–water partition coefficient (Wildman–Crippen LogP) is 2.83. The molecule has 5 heteroatoms. The lowest BCUT2D eigenvalue weighted by atomic mass is 10.0. The third-order valence-corrected chi connectivity index (χ3v) is 2.60. The van der Waals surface area contributed by atoms with E-state index in [1.807, 2.05) is 6.92 Å². The summed E-state index contributed by atoms with van der Waals surface area (Å²) in [5, 5.41) is 19.9. The third-order valence-electron chi connectivity index (χ3n) is 2.60. The van der Waals surface area contributed by atoms with Gasteiger partial charge in [0.15, 0.2) is 0 Å². The second-order valence-corrected chi connectivity index (χ2v) is 4.02. The van der Waals surface area contributed by atoms with Crippen LogP contribution in [0.5, 0.6) is 0 Å². The lowest BCUT2D eigenvalue weighted by Crippen LogP contribution is -2.07. The van der Waals surface area contributed by atoms with Crippen molar-refractivity contribution in [2.75, 3.05) is 0 Å². The number of hydrogen-bond donors (Lipinski definition) is 1. The number of aliphatic hydroxyl groups is 1. The number of aryl methyl sites for hydroxylation is 1. The molecule has 0 amide bonds. The van der Waals surface area contributed by atoms with Gasteiger partial charge in [-0.1, -0.05) is 19.4 Å². The van der Waals surface area contributed by atoms with Gasteiger partial charge in [0.25, 0.3) is 0 Å². The summed E-state index contributed by atoms with van der Waals surface area (Å²) in [5.41, 5.74) is 0.158. The first kappa shape index (κ1) is 13.6. The third kappa shape index (κ3) is 4.11. The number of hydrogen-bond acceptors (Lipinski definition) is 3. The van der Waals surface area contributed by atoms with Gasteiger partial charge in [-0.05, 0) is 30.9 Å². The van der Waals surface area contributed by atoms with Crippen LogP contribution in [0.2, 0.25) is 0 Å². The molecule has 0 aliphatic heterocycles. The number of nitrogens with zero attached hydrogens (tertiary/aromatic N) is 1. The van der Waals surface area contributed by atoms with Crippen LogP contribution in [0.1, 0.15) is 31.7 Å². The molecule has 0 bridgehead atoms. The summed E-state index contributed by atoms with van der Waals surface area (Å²) in [4.78, 5) is 9.66. The van der Waals surface area contributed by atoms with Crippen molar-refractivity contribution in [2.45, 2.75) is 38.7 Å². The van der Waals surface area contributed by atoms with E-state index in [1.165, 1.54) is 6.07 Å². The Kier molecular flexibility index (Phi) is 5.03. The number of nitro groups is 1. The first-order valence-electron chi connectivity index (χ1n) is 5.65. The second kappa shape index (κ2) is 6.30. The quantitative estimate of drug-likeness (QED) is 0.615. The molecule has 0 heterocycles. The van der Waals surface area contributed by atoms with E-state index in [0.717, 1.165) is 25.0 Å². The normalized spacial score (nSPS) is 12.4. The first-order chi connectivity index (χ1) is 8.04. The molecule has 17 heavy (non-hydrogen) atoms. The van der Waals surface area contributed by atoms with E-state index in [0.29, 0.717) is 18.4 Å². The summed E-state index contributed by atoms with van der Waals surface area (Å²) >= 11 is 0. The molecule has 1 atom stereocenters. The summed E-state index contributed by atoms with van der Waals surface area (Å²) in [6, 6.07) is 3.85. The SMILES string of the molecule is CCCC(O)CCc1ccc([N+](=O)[O-])c(F)c1. The van der Waals surface area contributed by atoms with Gasteiger partial charge in [0.2, 0.25) is 5.82 Å². The number of aliphatic hydroxyl groups excluding tert-OH is 1. The van der Waals surface area contributed by atoms with Gasteiger partial charge in [-0.3, -0.25) is 10.1 Å². The monoisotopic (exact) mass is 241 g/mol. The molecule has 1 N–H and O–H groups in total. The summed E-state index contributed by atoms with van der Waals surface area (Å²) in [5.74, 6) is -0.822. The molecule has 0 saturated carbocycles. The summed E-state index contributed by atoms with van der Waals surface area (Å²) in [6.45, 7) is 1.98. The fraction of sp³-hybridized carbons (Fsp3) is 0.500. The largest absolute Gasteiger partial charge is 0.393 e. The van der Waals surface area contributed by atoms with E-state index in [4.69, 9.17) is 0 Å². The Bertz CT molecular complexity index is 395. The van der Waals surface area contributed by atoms with Crippen molar-refractivity contribution >= 4 is 5.69 Å². The van der Waals surface area contributed by atoms with Crippen LogP contribution in [-0.4, -0.2) is 16.1 Å². The van der Waals surface area contributed by atoms with Gasteiger partial charge in [-0.25, -0.2) is 0 Å². The van der Waals surface area contributed by atoms with E-state index in [-0.39, 0.29) is 0 Å². The Morgan fingerprint density at radius 3 is 2.71 bits per heavy atom. The van der Waals surface area contributed by atoms with E-state index >= 15 is 0 Å². The highest BCUT2D eigenvalue weighted by Gasteiger charge is 2.14. The van der Waals surface area contributed by atoms with E-state index in [2.05, 4.69) is 0 Å². The predicted molar refractivity (Wildman–Crippen MR) is 62.3 cm³/mol. The highest BCUT2D eigenvalue weighted by atomic mass is 19.1. The Morgan fingerprint density at radius 1 is 1.47 bits per heavy atom. The molecule has 0 aliphatic rings. The van der Waals surface area contributed by atoms with Crippen molar-refractivity contribution in [1.29, 1.82) is 0 Å².